The van der Waals surface area contributed by atoms with Crippen LogP contribution in [0, 0.1) is 11.8 Å². The number of aliphatic carboxylic acids is 1. The van der Waals surface area contributed by atoms with E-state index in [-0.39, 0.29) is 0 Å². The molecule has 0 spiro atoms. The van der Waals surface area contributed by atoms with Crippen LogP contribution >= 0.6 is 34.3 Å². The van der Waals surface area contributed by atoms with Crippen LogP contribution in [-0.4, -0.2) is 32.2 Å². The van der Waals surface area contributed by atoms with Gasteiger partial charge in [0.05, 0.1) is 4.88 Å². The molecular weight excluding hydrogens is 508 g/mol. The second-order valence-corrected chi connectivity index (χ2v) is 10.8. The van der Waals surface area contributed by atoms with E-state index in [1.165, 1.54) is 27.4 Å². The van der Waals surface area contributed by atoms with Crippen LogP contribution in [0.25, 0.3) is 9.40 Å². The average molecular weight is 527 g/mol. The zero-order valence-corrected chi connectivity index (χ0v) is 21.1. The number of halogens is 1. The number of thiophene rings is 2. The molecular formula is C24H19ClN4O4S2. The summed E-state index contributed by atoms with van der Waals surface area (Å²) < 4.78 is 8.89. The quantitative estimate of drug-likeness (QED) is 0.329. The van der Waals surface area contributed by atoms with Crippen LogP contribution < -0.4 is 5.32 Å². The number of carbonyl (C=O) groups is 2. The van der Waals surface area contributed by atoms with Crippen LogP contribution in [0.2, 0.25) is 5.02 Å². The van der Waals surface area contributed by atoms with E-state index >= 15 is 0 Å². The topological polar surface area (TPSA) is 106 Å². The van der Waals surface area contributed by atoms with Crippen LogP contribution in [0.5, 0.6) is 0 Å². The maximum Gasteiger partial charge on any atom is 0.413 e. The highest BCUT2D eigenvalue weighted by molar-refractivity contribution is 7.28. The van der Waals surface area contributed by atoms with Gasteiger partial charge in [0, 0.05) is 31.9 Å². The summed E-state index contributed by atoms with van der Waals surface area (Å²) in [5.41, 5.74) is 0.298. The molecule has 8 nitrogen and oxygen atoms in total. The van der Waals surface area contributed by atoms with Crippen molar-refractivity contribution in [3.63, 3.8) is 0 Å². The number of hydrogen-bond donors (Lipinski definition) is 2. The predicted octanol–water partition coefficient (Wildman–Crippen LogP) is 5.57. The standard InChI is InChI=1S/C24H19ClN4O4S2/c1-13(15-5-3-4-6-16(15)25)33-23(32)26-21-17(27-28-29(21)2)8-7-14-11-18-19(34-14)12-20(35-18)24(9-10-24)22(30)31/h3-6,11-13H,9-10H2,1-2H3,(H,26,32)(H,30,31). The Morgan fingerprint density at radius 3 is 2.66 bits per heavy atom. The van der Waals surface area contributed by atoms with E-state index in [2.05, 4.69) is 27.5 Å². The number of benzene rings is 1. The van der Waals surface area contributed by atoms with Gasteiger partial charge < -0.3 is 9.84 Å². The molecule has 1 aromatic carbocycles. The van der Waals surface area contributed by atoms with Gasteiger partial charge in [-0.1, -0.05) is 35.0 Å². The first-order valence-corrected chi connectivity index (χ1v) is 12.7. The summed E-state index contributed by atoms with van der Waals surface area (Å²) in [6.07, 6.45) is 0.136. The number of nitrogens with zero attached hydrogens (tertiary/aromatic N) is 3. The fourth-order valence-corrected chi connectivity index (χ4v) is 6.46. The summed E-state index contributed by atoms with van der Waals surface area (Å²) in [4.78, 5) is 25.8. The second kappa shape index (κ2) is 9.00. The maximum atomic E-state index is 12.5. The average Bonchev–Trinajstić information content (AvgIpc) is 3.25. The van der Waals surface area contributed by atoms with Crippen molar-refractivity contribution >= 4 is 61.6 Å². The van der Waals surface area contributed by atoms with E-state index in [9.17, 15) is 14.7 Å². The van der Waals surface area contributed by atoms with E-state index in [4.69, 9.17) is 16.3 Å². The Balaban J connectivity index is 1.30. The van der Waals surface area contributed by atoms with Crippen molar-refractivity contribution in [1.82, 2.24) is 15.0 Å². The van der Waals surface area contributed by atoms with Gasteiger partial charge in [0.2, 0.25) is 0 Å². The van der Waals surface area contributed by atoms with Gasteiger partial charge in [0.15, 0.2) is 11.5 Å². The highest BCUT2D eigenvalue weighted by Gasteiger charge is 2.53. The fraction of sp³-hybridized carbons (Fsp3) is 0.250. The minimum absolute atomic E-state index is 0.301. The zero-order valence-electron chi connectivity index (χ0n) is 18.7. The summed E-state index contributed by atoms with van der Waals surface area (Å²) in [6.45, 7) is 1.73. The molecule has 178 valence electrons. The number of carboxylic acids is 1. The Labute approximate surface area is 213 Å². The van der Waals surface area contributed by atoms with Crippen LogP contribution in [-0.2, 0) is 22.0 Å². The number of aromatic nitrogens is 3. The van der Waals surface area contributed by atoms with Crippen molar-refractivity contribution in [1.29, 1.82) is 0 Å². The number of aryl methyl sites for hydroxylation is 1. The van der Waals surface area contributed by atoms with Crippen LogP contribution in [0.1, 0.15) is 46.9 Å². The van der Waals surface area contributed by atoms with Crippen LogP contribution in [0.3, 0.4) is 0 Å². The molecule has 35 heavy (non-hydrogen) atoms. The normalized spacial score (nSPS) is 14.7. The predicted molar refractivity (Wildman–Crippen MR) is 135 cm³/mol. The Morgan fingerprint density at radius 2 is 1.97 bits per heavy atom. The van der Waals surface area contributed by atoms with Crippen LogP contribution in [0.4, 0.5) is 10.6 Å². The summed E-state index contributed by atoms with van der Waals surface area (Å²) in [5, 5.41) is 20.7. The third-order valence-electron chi connectivity index (χ3n) is 5.82. The minimum atomic E-state index is -0.756. The monoisotopic (exact) mass is 526 g/mol. The molecule has 5 rings (SSSR count). The van der Waals surface area contributed by atoms with Gasteiger partial charge in [0.25, 0.3) is 0 Å². The lowest BCUT2D eigenvalue weighted by Crippen LogP contribution is -2.18. The number of amides is 1. The van der Waals surface area contributed by atoms with Crippen molar-refractivity contribution < 1.29 is 19.4 Å². The highest BCUT2D eigenvalue weighted by Crippen LogP contribution is 2.52. The van der Waals surface area contributed by atoms with E-state index in [0.717, 1.165) is 19.2 Å². The number of ether oxygens (including phenoxy) is 1. The number of hydrogen-bond acceptors (Lipinski definition) is 7. The molecule has 1 saturated carbocycles. The van der Waals surface area contributed by atoms with Crippen molar-refractivity contribution in [3.8, 4) is 11.8 Å². The number of carboxylic acid groups (broad SMARTS) is 1. The van der Waals surface area contributed by atoms with Crippen molar-refractivity contribution in [2.75, 3.05) is 5.32 Å². The molecule has 3 aromatic heterocycles. The van der Waals surface area contributed by atoms with Gasteiger partial charge in [-0.05, 0) is 49.8 Å². The molecule has 11 heteroatoms. The Bertz CT molecular complexity index is 1490. The zero-order chi connectivity index (χ0) is 24.7. The highest BCUT2D eigenvalue weighted by atomic mass is 35.5. The summed E-state index contributed by atoms with van der Waals surface area (Å²) in [7, 11) is 1.64. The fourth-order valence-electron chi connectivity index (χ4n) is 3.68. The van der Waals surface area contributed by atoms with Gasteiger partial charge in [-0.3, -0.25) is 10.1 Å². The second-order valence-electron chi connectivity index (χ2n) is 8.19. The first kappa shape index (κ1) is 23.4. The third kappa shape index (κ3) is 4.50. The first-order chi connectivity index (χ1) is 16.8. The molecule has 1 amide bonds. The summed E-state index contributed by atoms with van der Waals surface area (Å²) in [5.74, 6) is 5.58. The lowest BCUT2D eigenvalue weighted by atomic mass is 10.1. The summed E-state index contributed by atoms with van der Waals surface area (Å²) >= 11 is 9.18. The SMILES string of the molecule is CC(OC(=O)Nc1c(C#Cc2cc3sc(C4(C(=O)O)CC4)cc3s2)nnn1C)c1ccccc1Cl. The molecule has 1 atom stereocenters. The van der Waals surface area contributed by atoms with Crippen molar-refractivity contribution in [2.24, 2.45) is 7.05 Å². The van der Waals surface area contributed by atoms with Gasteiger partial charge in [-0.15, -0.1) is 27.8 Å². The summed E-state index contributed by atoms with van der Waals surface area (Å²) in [6, 6.07) is 11.1. The van der Waals surface area contributed by atoms with Gasteiger partial charge in [0.1, 0.15) is 11.5 Å². The molecule has 0 bridgehead atoms. The third-order valence-corrected chi connectivity index (χ3v) is 8.57. The lowest BCUT2D eigenvalue weighted by molar-refractivity contribution is -0.139. The Morgan fingerprint density at radius 1 is 1.23 bits per heavy atom. The van der Waals surface area contributed by atoms with Gasteiger partial charge in [-0.25, -0.2) is 9.48 Å². The van der Waals surface area contributed by atoms with E-state index < -0.39 is 23.6 Å². The number of nitrogens with one attached hydrogen (secondary N) is 1. The number of fused-ring (bicyclic) bond motifs is 1. The molecule has 1 aliphatic rings. The lowest BCUT2D eigenvalue weighted by Gasteiger charge is -2.15. The van der Waals surface area contributed by atoms with Crippen molar-refractivity contribution in [2.45, 2.75) is 31.3 Å². The smallest absolute Gasteiger partial charge is 0.413 e. The van der Waals surface area contributed by atoms with E-state index in [1.807, 2.05) is 18.2 Å². The number of rotatable bonds is 5. The largest absolute Gasteiger partial charge is 0.481 e. The Hall–Kier alpha value is -3.39. The molecule has 0 saturated heterocycles. The molecule has 0 radical (unpaired) electrons. The van der Waals surface area contributed by atoms with Gasteiger partial charge >= 0.3 is 12.1 Å². The minimum Gasteiger partial charge on any atom is -0.481 e. The molecule has 1 aliphatic carbocycles. The number of carbonyl (C=O) groups excluding carboxylic acids is 1. The van der Waals surface area contributed by atoms with Crippen molar-refractivity contribution in [3.05, 3.63) is 62.4 Å². The van der Waals surface area contributed by atoms with Gasteiger partial charge in [-0.2, -0.15) is 0 Å². The molecule has 4 aromatic rings. The molecule has 1 unspecified atom stereocenters. The molecule has 3 heterocycles. The Kier molecular flexibility index (Phi) is 6.01. The first-order valence-electron chi connectivity index (χ1n) is 10.7. The van der Waals surface area contributed by atoms with E-state index in [1.54, 1.807) is 32.2 Å². The molecule has 0 aliphatic heterocycles. The molecule has 1 fully saturated rings. The number of anilines is 1. The van der Waals surface area contributed by atoms with E-state index in [0.29, 0.717) is 34.9 Å². The molecule has 2 N–H and O–H groups in total. The maximum absolute atomic E-state index is 12.5. The van der Waals surface area contributed by atoms with Crippen LogP contribution in [0.15, 0.2) is 36.4 Å².